The van der Waals surface area contributed by atoms with E-state index in [4.69, 9.17) is 0 Å². The molecule has 0 aromatic heterocycles. The smallest absolute Gasteiger partial charge is 0.0234 e. The fraction of sp³-hybridized carbons (Fsp3) is 0.833. The van der Waals surface area contributed by atoms with Gasteiger partial charge in [0.1, 0.15) is 0 Å². The van der Waals surface area contributed by atoms with Crippen molar-refractivity contribution in [3.05, 3.63) is 12.2 Å². The molecule has 0 radical (unpaired) electrons. The molecule has 0 fully saturated rings. The summed E-state index contributed by atoms with van der Waals surface area (Å²) in [7, 11) is 0. The Labute approximate surface area is 77.1 Å². The lowest BCUT2D eigenvalue weighted by atomic mass is 9.97. The molecule has 0 saturated heterocycles. The van der Waals surface area contributed by atoms with E-state index in [0.717, 1.165) is 5.92 Å². The van der Waals surface area contributed by atoms with Crippen molar-refractivity contribution < 1.29 is 0 Å². The zero-order chi connectivity index (χ0) is 8.65. The molecule has 12 heavy (non-hydrogen) atoms. The molecule has 0 spiro atoms. The van der Waals surface area contributed by atoms with E-state index in [9.17, 15) is 0 Å². The van der Waals surface area contributed by atoms with Crippen molar-refractivity contribution in [2.75, 3.05) is 0 Å². The second-order valence-electron chi connectivity index (χ2n) is 3.97. The van der Waals surface area contributed by atoms with Crippen molar-refractivity contribution in [3.8, 4) is 0 Å². The van der Waals surface area contributed by atoms with Gasteiger partial charge in [-0.25, -0.2) is 0 Å². The van der Waals surface area contributed by atoms with Gasteiger partial charge < -0.3 is 0 Å². The van der Waals surface area contributed by atoms with E-state index in [1.165, 1.54) is 51.4 Å². The summed E-state index contributed by atoms with van der Waals surface area (Å²) in [6, 6.07) is 0. The van der Waals surface area contributed by atoms with Crippen LogP contribution in [0.1, 0.15) is 58.3 Å². The van der Waals surface area contributed by atoms with Gasteiger partial charge in [0.05, 0.1) is 0 Å². The minimum atomic E-state index is 0.896. The molecule has 1 aliphatic carbocycles. The van der Waals surface area contributed by atoms with Crippen molar-refractivity contribution >= 4 is 0 Å². The van der Waals surface area contributed by atoms with Crippen LogP contribution in [0.3, 0.4) is 0 Å². The monoisotopic (exact) mass is 166 g/mol. The molecule has 0 saturated carbocycles. The van der Waals surface area contributed by atoms with E-state index < -0.39 is 0 Å². The van der Waals surface area contributed by atoms with Crippen LogP contribution in [0.4, 0.5) is 0 Å². The third-order valence-corrected chi connectivity index (χ3v) is 2.76. The zero-order valence-corrected chi connectivity index (χ0v) is 8.39. The Balaban J connectivity index is 2.30. The van der Waals surface area contributed by atoms with Crippen molar-refractivity contribution in [1.82, 2.24) is 0 Å². The molecular weight excluding hydrogens is 144 g/mol. The maximum atomic E-state index is 2.47. The topological polar surface area (TPSA) is 0 Å². The van der Waals surface area contributed by atoms with Crippen LogP contribution in [0.2, 0.25) is 0 Å². The molecule has 0 aromatic rings. The summed E-state index contributed by atoms with van der Waals surface area (Å²) < 4.78 is 0. The van der Waals surface area contributed by atoms with Gasteiger partial charge in [-0.15, -0.1) is 0 Å². The van der Waals surface area contributed by atoms with Gasteiger partial charge in [0, 0.05) is 0 Å². The van der Waals surface area contributed by atoms with Gasteiger partial charge in [0.15, 0.2) is 0 Å². The van der Waals surface area contributed by atoms with Crippen LogP contribution in [-0.4, -0.2) is 0 Å². The first-order chi connectivity index (χ1) is 5.93. The van der Waals surface area contributed by atoms with Crippen molar-refractivity contribution in [1.29, 1.82) is 0 Å². The largest absolute Gasteiger partial charge is 0.0883 e. The highest BCUT2D eigenvalue weighted by atomic mass is 14.1. The number of rotatable bonds is 2. The maximum Gasteiger partial charge on any atom is -0.0234 e. The van der Waals surface area contributed by atoms with Gasteiger partial charge in [-0.3, -0.25) is 0 Å². The fourth-order valence-corrected chi connectivity index (χ4v) is 2.02. The van der Waals surface area contributed by atoms with Crippen LogP contribution in [-0.2, 0) is 0 Å². The van der Waals surface area contributed by atoms with E-state index >= 15 is 0 Å². The van der Waals surface area contributed by atoms with E-state index in [-0.39, 0.29) is 0 Å². The van der Waals surface area contributed by atoms with Crippen molar-refractivity contribution in [3.63, 3.8) is 0 Å². The quantitative estimate of drug-likeness (QED) is 0.536. The number of allylic oxidation sites excluding steroid dienone is 2. The second-order valence-corrected chi connectivity index (χ2v) is 3.97. The summed E-state index contributed by atoms with van der Waals surface area (Å²) in [4.78, 5) is 0. The molecule has 0 aromatic carbocycles. The number of hydrogen-bond donors (Lipinski definition) is 0. The Bertz CT molecular complexity index is 124. The molecule has 0 heterocycles. The van der Waals surface area contributed by atoms with Gasteiger partial charge in [0.25, 0.3) is 0 Å². The van der Waals surface area contributed by atoms with E-state index in [2.05, 4.69) is 19.1 Å². The lowest BCUT2D eigenvalue weighted by molar-refractivity contribution is 0.500. The summed E-state index contributed by atoms with van der Waals surface area (Å²) >= 11 is 0. The highest BCUT2D eigenvalue weighted by Crippen LogP contribution is 2.20. The highest BCUT2D eigenvalue weighted by Gasteiger charge is 2.04. The van der Waals surface area contributed by atoms with Gasteiger partial charge in [-0.1, -0.05) is 44.8 Å². The summed E-state index contributed by atoms with van der Waals surface area (Å²) in [5, 5.41) is 0. The third kappa shape index (κ3) is 3.94. The molecule has 0 bridgehead atoms. The Kier molecular flexibility index (Phi) is 5.14. The molecule has 0 heteroatoms. The van der Waals surface area contributed by atoms with Crippen LogP contribution >= 0.6 is 0 Å². The Morgan fingerprint density at radius 2 is 2.00 bits per heavy atom. The summed E-state index contributed by atoms with van der Waals surface area (Å²) in [5.74, 6) is 0.896. The molecule has 0 amide bonds. The predicted molar refractivity (Wildman–Crippen MR) is 55.2 cm³/mol. The molecule has 70 valence electrons. The van der Waals surface area contributed by atoms with Gasteiger partial charge >= 0.3 is 0 Å². The Morgan fingerprint density at radius 1 is 1.17 bits per heavy atom. The Morgan fingerprint density at radius 3 is 2.83 bits per heavy atom. The molecule has 0 N–H and O–H groups in total. The normalized spacial score (nSPS) is 25.9. The van der Waals surface area contributed by atoms with Crippen LogP contribution in [0.5, 0.6) is 0 Å². The first-order valence-electron chi connectivity index (χ1n) is 5.60. The highest BCUT2D eigenvalue weighted by molar-refractivity contribution is 4.88. The van der Waals surface area contributed by atoms with Gasteiger partial charge in [0.2, 0.25) is 0 Å². The third-order valence-electron chi connectivity index (χ3n) is 2.76. The minimum Gasteiger partial charge on any atom is -0.0883 e. The molecule has 1 unspecified atom stereocenters. The maximum absolute atomic E-state index is 2.47. The molecule has 1 atom stereocenters. The van der Waals surface area contributed by atoms with Crippen LogP contribution in [0, 0.1) is 5.92 Å². The summed E-state index contributed by atoms with van der Waals surface area (Å²) in [6.07, 6.45) is 16.1. The van der Waals surface area contributed by atoms with E-state index in [0.29, 0.717) is 0 Å². The SMILES string of the molecule is CCCC1C=CCCCCCC1. The predicted octanol–water partition coefficient (Wildman–Crippen LogP) is 4.31. The number of hydrogen-bond acceptors (Lipinski definition) is 0. The summed E-state index contributed by atoms with van der Waals surface area (Å²) in [6.45, 7) is 2.29. The Hall–Kier alpha value is -0.260. The van der Waals surface area contributed by atoms with E-state index in [1.807, 2.05) is 0 Å². The molecular formula is C12H22. The first kappa shape index (κ1) is 9.83. The van der Waals surface area contributed by atoms with E-state index in [1.54, 1.807) is 0 Å². The lowest BCUT2D eigenvalue weighted by Gasteiger charge is -2.09. The van der Waals surface area contributed by atoms with Crippen LogP contribution in [0.15, 0.2) is 12.2 Å². The van der Waals surface area contributed by atoms with Gasteiger partial charge in [-0.05, 0) is 31.6 Å². The molecule has 1 aliphatic rings. The van der Waals surface area contributed by atoms with Crippen molar-refractivity contribution in [2.24, 2.45) is 5.92 Å². The summed E-state index contributed by atoms with van der Waals surface area (Å²) in [5.41, 5.74) is 0. The average Bonchev–Trinajstić information content (AvgIpc) is 2.19. The molecule has 1 rings (SSSR count). The first-order valence-corrected chi connectivity index (χ1v) is 5.60. The fourth-order valence-electron chi connectivity index (χ4n) is 2.02. The van der Waals surface area contributed by atoms with Crippen LogP contribution in [0.25, 0.3) is 0 Å². The minimum absolute atomic E-state index is 0.896. The average molecular weight is 166 g/mol. The molecule has 0 nitrogen and oxygen atoms in total. The van der Waals surface area contributed by atoms with Crippen LogP contribution < -0.4 is 0 Å². The van der Waals surface area contributed by atoms with Gasteiger partial charge in [-0.2, -0.15) is 0 Å². The molecule has 0 aliphatic heterocycles. The second kappa shape index (κ2) is 6.28. The zero-order valence-electron chi connectivity index (χ0n) is 8.39. The standard InChI is InChI=1S/C12H22/c1-2-9-12-10-7-5-3-4-6-8-11-12/h7,10,12H,2-6,8-9,11H2,1H3. The lowest BCUT2D eigenvalue weighted by Crippen LogP contribution is -1.95. The van der Waals surface area contributed by atoms with Crippen molar-refractivity contribution in [2.45, 2.75) is 58.3 Å².